The quantitative estimate of drug-likeness (QED) is 0.483. The van der Waals surface area contributed by atoms with Gasteiger partial charge in [-0.05, 0) is 12.8 Å². The van der Waals surface area contributed by atoms with E-state index in [0.717, 1.165) is 0 Å². The van der Waals surface area contributed by atoms with E-state index in [1.54, 1.807) is 0 Å². The second-order valence-corrected chi connectivity index (χ2v) is 4.82. The van der Waals surface area contributed by atoms with Crippen molar-refractivity contribution in [3.63, 3.8) is 0 Å². The standard InChI is InChI=1S/C12H23N3O5/c1-7(2)5-13-10(16)8(3)14-12(19)15-9(6-20-4)11(17)18/h7-9H,5-6H2,1-4H3,(H,13,16)(H,17,18)(H2,14,15,19). The first-order chi connectivity index (χ1) is 9.27. The molecule has 0 fully saturated rings. The zero-order chi connectivity index (χ0) is 15.7. The van der Waals surface area contributed by atoms with Crippen molar-refractivity contribution >= 4 is 17.9 Å². The van der Waals surface area contributed by atoms with Gasteiger partial charge in [-0.2, -0.15) is 0 Å². The van der Waals surface area contributed by atoms with Crippen LogP contribution in [0.4, 0.5) is 4.79 Å². The van der Waals surface area contributed by atoms with Crippen molar-refractivity contribution in [2.75, 3.05) is 20.3 Å². The lowest BCUT2D eigenvalue weighted by atomic mass is 10.2. The summed E-state index contributed by atoms with van der Waals surface area (Å²) in [5, 5.41) is 16.1. The zero-order valence-electron chi connectivity index (χ0n) is 12.2. The van der Waals surface area contributed by atoms with E-state index in [1.807, 2.05) is 13.8 Å². The highest BCUT2D eigenvalue weighted by Gasteiger charge is 2.22. The van der Waals surface area contributed by atoms with Gasteiger partial charge in [0.15, 0.2) is 6.04 Å². The molecule has 0 aromatic heterocycles. The fourth-order valence-corrected chi connectivity index (χ4v) is 1.26. The van der Waals surface area contributed by atoms with E-state index in [9.17, 15) is 14.4 Å². The number of carbonyl (C=O) groups is 3. The Morgan fingerprint density at radius 1 is 1.15 bits per heavy atom. The molecule has 2 unspecified atom stereocenters. The Kier molecular flexibility index (Phi) is 8.30. The fraction of sp³-hybridized carbons (Fsp3) is 0.750. The van der Waals surface area contributed by atoms with Crippen LogP contribution in [0, 0.1) is 5.92 Å². The summed E-state index contributed by atoms with van der Waals surface area (Å²) in [4.78, 5) is 34.0. The maximum Gasteiger partial charge on any atom is 0.328 e. The predicted octanol–water partition coefficient (Wildman–Crippen LogP) is -0.454. The topological polar surface area (TPSA) is 117 Å². The number of nitrogens with one attached hydrogen (secondary N) is 3. The van der Waals surface area contributed by atoms with Crippen molar-refractivity contribution in [1.82, 2.24) is 16.0 Å². The lowest BCUT2D eigenvalue weighted by molar-refractivity contribution is -0.140. The number of rotatable bonds is 8. The number of ether oxygens (including phenoxy) is 1. The van der Waals surface area contributed by atoms with Crippen molar-refractivity contribution in [1.29, 1.82) is 0 Å². The summed E-state index contributed by atoms with van der Waals surface area (Å²) in [5.41, 5.74) is 0. The normalized spacial score (nSPS) is 13.4. The van der Waals surface area contributed by atoms with E-state index in [2.05, 4.69) is 20.7 Å². The molecule has 2 atom stereocenters. The lowest BCUT2D eigenvalue weighted by Gasteiger charge is -2.18. The Morgan fingerprint density at radius 3 is 2.20 bits per heavy atom. The van der Waals surface area contributed by atoms with Crippen LogP contribution in [-0.4, -0.2) is 55.4 Å². The Hall–Kier alpha value is -1.83. The lowest BCUT2D eigenvalue weighted by Crippen LogP contribution is -2.53. The van der Waals surface area contributed by atoms with Crippen LogP contribution >= 0.6 is 0 Å². The number of aliphatic carboxylic acids is 1. The molecular formula is C12H23N3O5. The molecule has 0 aliphatic rings. The van der Waals surface area contributed by atoms with Gasteiger partial charge in [0.2, 0.25) is 5.91 Å². The van der Waals surface area contributed by atoms with E-state index in [0.29, 0.717) is 12.5 Å². The Labute approximate surface area is 118 Å². The molecule has 116 valence electrons. The SMILES string of the molecule is COCC(NC(=O)NC(C)C(=O)NCC(C)C)C(=O)O. The molecule has 8 heteroatoms. The van der Waals surface area contributed by atoms with Gasteiger partial charge in [0.25, 0.3) is 0 Å². The molecule has 0 radical (unpaired) electrons. The predicted molar refractivity (Wildman–Crippen MR) is 72.3 cm³/mol. The second kappa shape index (κ2) is 9.13. The summed E-state index contributed by atoms with van der Waals surface area (Å²) in [7, 11) is 1.33. The van der Waals surface area contributed by atoms with Crippen molar-refractivity contribution in [3.8, 4) is 0 Å². The number of hydrogen-bond donors (Lipinski definition) is 4. The molecule has 0 aromatic rings. The number of carboxylic acids is 1. The maximum absolute atomic E-state index is 11.6. The Balaban J connectivity index is 4.23. The minimum Gasteiger partial charge on any atom is -0.480 e. The number of amides is 3. The molecule has 8 nitrogen and oxygen atoms in total. The molecule has 0 aromatic carbocycles. The van der Waals surface area contributed by atoms with E-state index in [-0.39, 0.29) is 12.5 Å². The van der Waals surface area contributed by atoms with Crippen molar-refractivity contribution < 1.29 is 24.2 Å². The largest absolute Gasteiger partial charge is 0.480 e. The zero-order valence-corrected chi connectivity index (χ0v) is 12.2. The smallest absolute Gasteiger partial charge is 0.328 e. The summed E-state index contributed by atoms with van der Waals surface area (Å²) in [5.74, 6) is -1.23. The first kappa shape index (κ1) is 18.2. The van der Waals surface area contributed by atoms with Gasteiger partial charge in [-0.3, -0.25) is 4.79 Å². The molecular weight excluding hydrogens is 266 g/mol. The Morgan fingerprint density at radius 2 is 1.75 bits per heavy atom. The van der Waals surface area contributed by atoms with Crippen LogP contribution in [0.15, 0.2) is 0 Å². The summed E-state index contributed by atoms with van der Waals surface area (Å²) < 4.78 is 4.68. The number of hydrogen-bond acceptors (Lipinski definition) is 4. The fourth-order valence-electron chi connectivity index (χ4n) is 1.26. The van der Waals surface area contributed by atoms with Crippen molar-refractivity contribution in [2.45, 2.75) is 32.9 Å². The summed E-state index contributed by atoms with van der Waals surface area (Å²) in [6.07, 6.45) is 0. The van der Waals surface area contributed by atoms with E-state index in [4.69, 9.17) is 5.11 Å². The highest BCUT2D eigenvalue weighted by Crippen LogP contribution is 1.90. The minimum atomic E-state index is -1.21. The van der Waals surface area contributed by atoms with E-state index >= 15 is 0 Å². The van der Waals surface area contributed by atoms with Crippen LogP contribution in [0.1, 0.15) is 20.8 Å². The summed E-state index contributed by atoms with van der Waals surface area (Å²) in [6.45, 7) is 5.77. The first-order valence-electron chi connectivity index (χ1n) is 6.34. The van der Waals surface area contributed by atoms with Gasteiger partial charge in [-0.25, -0.2) is 9.59 Å². The van der Waals surface area contributed by atoms with Crippen molar-refractivity contribution in [3.05, 3.63) is 0 Å². The first-order valence-corrected chi connectivity index (χ1v) is 6.34. The highest BCUT2D eigenvalue weighted by atomic mass is 16.5. The van der Waals surface area contributed by atoms with Crippen LogP contribution in [0.5, 0.6) is 0 Å². The molecule has 4 N–H and O–H groups in total. The summed E-state index contributed by atoms with van der Waals surface area (Å²) in [6, 6.07) is -2.65. The molecule has 0 heterocycles. The molecule has 0 saturated carbocycles. The van der Waals surface area contributed by atoms with Gasteiger partial charge in [0.05, 0.1) is 6.61 Å². The van der Waals surface area contributed by atoms with Gasteiger partial charge < -0.3 is 25.8 Å². The molecule has 3 amide bonds. The second-order valence-electron chi connectivity index (χ2n) is 4.82. The van der Waals surface area contributed by atoms with Gasteiger partial charge in [0.1, 0.15) is 6.04 Å². The van der Waals surface area contributed by atoms with E-state index in [1.165, 1.54) is 14.0 Å². The van der Waals surface area contributed by atoms with Gasteiger partial charge in [-0.15, -0.1) is 0 Å². The van der Waals surface area contributed by atoms with Gasteiger partial charge in [-0.1, -0.05) is 13.8 Å². The van der Waals surface area contributed by atoms with Crippen molar-refractivity contribution in [2.24, 2.45) is 5.92 Å². The van der Waals surface area contributed by atoms with Crippen LogP contribution in [0.3, 0.4) is 0 Å². The third-order valence-corrected chi connectivity index (χ3v) is 2.36. The number of methoxy groups -OCH3 is 1. The molecule has 20 heavy (non-hydrogen) atoms. The van der Waals surface area contributed by atoms with Crippen LogP contribution in [0.2, 0.25) is 0 Å². The van der Waals surface area contributed by atoms with Crippen LogP contribution in [0.25, 0.3) is 0 Å². The van der Waals surface area contributed by atoms with E-state index < -0.39 is 24.1 Å². The number of carbonyl (C=O) groups excluding carboxylic acids is 2. The third kappa shape index (κ3) is 7.57. The summed E-state index contributed by atoms with van der Waals surface area (Å²) >= 11 is 0. The molecule has 0 rings (SSSR count). The van der Waals surface area contributed by atoms with Gasteiger partial charge in [0, 0.05) is 13.7 Å². The molecule has 0 aliphatic carbocycles. The molecule has 0 saturated heterocycles. The number of urea groups is 1. The Bertz CT molecular complexity index is 346. The van der Waals surface area contributed by atoms with Gasteiger partial charge >= 0.3 is 12.0 Å². The van der Waals surface area contributed by atoms with Crippen LogP contribution in [-0.2, 0) is 14.3 Å². The minimum absolute atomic E-state index is 0.156. The molecule has 0 bridgehead atoms. The average Bonchev–Trinajstić information content (AvgIpc) is 2.34. The number of carboxylic acid groups (broad SMARTS) is 1. The average molecular weight is 289 g/mol. The van der Waals surface area contributed by atoms with Crippen LogP contribution < -0.4 is 16.0 Å². The third-order valence-electron chi connectivity index (χ3n) is 2.36. The monoisotopic (exact) mass is 289 g/mol. The molecule has 0 aliphatic heterocycles. The molecule has 0 spiro atoms. The highest BCUT2D eigenvalue weighted by molar-refractivity contribution is 5.88. The maximum atomic E-state index is 11.6.